The molecule has 1 heterocycles. The minimum absolute atomic E-state index is 0.0328. The third kappa shape index (κ3) is 7.73. The summed E-state index contributed by atoms with van der Waals surface area (Å²) >= 11 is 1.64. The van der Waals surface area contributed by atoms with Gasteiger partial charge < -0.3 is 14.5 Å². The lowest BCUT2D eigenvalue weighted by molar-refractivity contribution is -0.141. The SMILES string of the molecule is CCC(C)CN(CC(=O)N(Cc1ccccc1)Cc1cccs1)C(=O)Cc1ccc(OC)cc1. The largest absolute Gasteiger partial charge is 0.497 e. The molecule has 0 saturated carbocycles. The highest BCUT2D eigenvalue weighted by molar-refractivity contribution is 7.09. The Morgan fingerprint density at radius 3 is 2.24 bits per heavy atom. The molecule has 3 aromatic rings. The molecule has 2 amide bonds. The van der Waals surface area contributed by atoms with E-state index in [9.17, 15) is 9.59 Å². The highest BCUT2D eigenvalue weighted by atomic mass is 32.1. The highest BCUT2D eigenvalue weighted by Crippen LogP contribution is 2.17. The van der Waals surface area contributed by atoms with E-state index in [1.165, 1.54) is 0 Å². The Bertz CT molecular complexity index is 1020. The summed E-state index contributed by atoms with van der Waals surface area (Å²) in [6, 6.07) is 21.6. The molecule has 3 rings (SSSR count). The van der Waals surface area contributed by atoms with E-state index in [1.54, 1.807) is 23.3 Å². The summed E-state index contributed by atoms with van der Waals surface area (Å²) in [7, 11) is 1.62. The van der Waals surface area contributed by atoms with Crippen LogP contribution in [0.15, 0.2) is 72.1 Å². The lowest BCUT2D eigenvalue weighted by atomic mass is 10.1. The Hall–Kier alpha value is -3.12. The first kappa shape index (κ1) is 25.5. The third-order valence-corrected chi connectivity index (χ3v) is 6.78. The van der Waals surface area contributed by atoms with Crippen molar-refractivity contribution < 1.29 is 14.3 Å². The maximum Gasteiger partial charge on any atom is 0.242 e. The van der Waals surface area contributed by atoms with E-state index in [0.717, 1.165) is 28.2 Å². The molecule has 0 radical (unpaired) electrons. The van der Waals surface area contributed by atoms with E-state index in [0.29, 0.717) is 25.6 Å². The minimum Gasteiger partial charge on any atom is -0.497 e. The fourth-order valence-corrected chi connectivity index (χ4v) is 4.40. The molecule has 34 heavy (non-hydrogen) atoms. The molecule has 0 aliphatic rings. The number of carbonyl (C=O) groups is 2. The first-order chi connectivity index (χ1) is 16.5. The number of rotatable bonds is 12. The van der Waals surface area contributed by atoms with E-state index in [4.69, 9.17) is 4.74 Å². The number of methoxy groups -OCH3 is 1. The fourth-order valence-electron chi connectivity index (χ4n) is 3.68. The molecule has 180 valence electrons. The molecule has 0 N–H and O–H groups in total. The van der Waals surface area contributed by atoms with Crippen LogP contribution < -0.4 is 4.74 Å². The van der Waals surface area contributed by atoms with Gasteiger partial charge in [0.2, 0.25) is 11.8 Å². The smallest absolute Gasteiger partial charge is 0.242 e. The van der Waals surface area contributed by atoms with Crippen molar-refractivity contribution in [3.63, 3.8) is 0 Å². The van der Waals surface area contributed by atoms with Gasteiger partial charge >= 0.3 is 0 Å². The predicted octanol–water partition coefficient (Wildman–Crippen LogP) is 5.40. The quantitative estimate of drug-likeness (QED) is 0.350. The van der Waals surface area contributed by atoms with Crippen molar-refractivity contribution in [1.29, 1.82) is 0 Å². The van der Waals surface area contributed by atoms with Crippen LogP contribution in [-0.2, 0) is 29.1 Å². The van der Waals surface area contributed by atoms with Crippen molar-refractivity contribution in [2.75, 3.05) is 20.2 Å². The van der Waals surface area contributed by atoms with Crippen LogP contribution in [0, 0.1) is 5.92 Å². The summed E-state index contributed by atoms with van der Waals surface area (Å²) in [4.78, 5) is 31.5. The summed E-state index contributed by atoms with van der Waals surface area (Å²) in [5.41, 5.74) is 1.98. The number of ether oxygens (including phenoxy) is 1. The van der Waals surface area contributed by atoms with Crippen LogP contribution in [0.3, 0.4) is 0 Å². The van der Waals surface area contributed by atoms with Crippen LogP contribution in [0.25, 0.3) is 0 Å². The maximum absolute atomic E-state index is 13.5. The zero-order valence-corrected chi connectivity index (χ0v) is 21.1. The Morgan fingerprint density at radius 2 is 1.62 bits per heavy atom. The normalized spacial score (nSPS) is 11.6. The number of hydrogen-bond donors (Lipinski definition) is 0. The summed E-state index contributed by atoms with van der Waals surface area (Å²) in [5.74, 6) is 0.999. The summed E-state index contributed by atoms with van der Waals surface area (Å²) in [5, 5.41) is 2.02. The molecule has 0 bridgehead atoms. The predicted molar refractivity (Wildman–Crippen MR) is 138 cm³/mol. The topological polar surface area (TPSA) is 49.9 Å². The average Bonchev–Trinajstić information content (AvgIpc) is 3.37. The molecule has 2 aromatic carbocycles. The van der Waals surface area contributed by atoms with Gasteiger partial charge in [-0.2, -0.15) is 0 Å². The van der Waals surface area contributed by atoms with Crippen molar-refractivity contribution in [3.05, 3.63) is 88.1 Å². The lowest BCUT2D eigenvalue weighted by Gasteiger charge is -2.29. The number of hydrogen-bond acceptors (Lipinski definition) is 4. The molecule has 1 atom stereocenters. The van der Waals surface area contributed by atoms with Crippen LogP contribution in [-0.4, -0.2) is 41.8 Å². The first-order valence-electron chi connectivity index (χ1n) is 11.7. The van der Waals surface area contributed by atoms with Crippen LogP contribution >= 0.6 is 11.3 Å². The number of thiophene rings is 1. The Morgan fingerprint density at radius 1 is 0.882 bits per heavy atom. The Balaban J connectivity index is 1.75. The summed E-state index contributed by atoms with van der Waals surface area (Å²) in [6.45, 7) is 5.92. The molecule has 0 fully saturated rings. The van der Waals surface area contributed by atoms with Crippen LogP contribution in [0.4, 0.5) is 0 Å². The van der Waals surface area contributed by atoms with E-state index in [2.05, 4.69) is 13.8 Å². The number of benzene rings is 2. The van der Waals surface area contributed by atoms with Gasteiger partial charge in [0, 0.05) is 18.0 Å². The molecule has 1 aromatic heterocycles. The summed E-state index contributed by atoms with van der Waals surface area (Å²) in [6.07, 6.45) is 1.21. The van der Waals surface area contributed by atoms with Gasteiger partial charge in [0.15, 0.2) is 0 Å². The minimum atomic E-state index is -0.0383. The zero-order valence-electron chi connectivity index (χ0n) is 20.3. The van der Waals surface area contributed by atoms with Crippen molar-refractivity contribution in [2.24, 2.45) is 5.92 Å². The van der Waals surface area contributed by atoms with Gasteiger partial charge in [-0.05, 0) is 40.6 Å². The second-order valence-electron chi connectivity index (χ2n) is 8.63. The lowest BCUT2D eigenvalue weighted by Crippen LogP contribution is -2.44. The van der Waals surface area contributed by atoms with Gasteiger partial charge in [0.05, 0.1) is 26.6 Å². The third-order valence-electron chi connectivity index (χ3n) is 5.92. The van der Waals surface area contributed by atoms with E-state index in [1.807, 2.05) is 77.0 Å². The van der Waals surface area contributed by atoms with Crippen molar-refractivity contribution in [1.82, 2.24) is 9.80 Å². The number of carbonyl (C=O) groups excluding carboxylic acids is 2. The van der Waals surface area contributed by atoms with Crippen molar-refractivity contribution in [2.45, 2.75) is 39.8 Å². The average molecular weight is 479 g/mol. The van der Waals surface area contributed by atoms with E-state index < -0.39 is 0 Å². The molecule has 5 nitrogen and oxygen atoms in total. The Kier molecular flexibility index (Phi) is 9.71. The monoisotopic (exact) mass is 478 g/mol. The van der Waals surface area contributed by atoms with Gasteiger partial charge in [-0.15, -0.1) is 11.3 Å². The van der Waals surface area contributed by atoms with Gasteiger partial charge in [-0.25, -0.2) is 0 Å². The second-order valence-corrected chi connectivity index (χ2v) is 9.66. The number of nitrogens with zero attached hydrogens (tertiary/aromatic N) is 2. The fraction of sp³-hybridized carbons (Fsp3) is 0.357. The van der Waals surface area contributed by atoms with Gasteiger partial charge in [-0.3, -0.25) is 9.59 Å². The van der Waals surface area contributed by atoms with Gasteiger partial charge in [0.1, 0.15) is 5.75 Å². The zero-order chi connectivity index (χ0) is 24.3. The standard InChI is InChI=1S/C28H34N2O3S/c1-4-22(2)18-29(27(31)17-23-12-14-25(33-3)15-13-23)21-28(32)30(20-26-11-8-16-34-26)19-24-9-6-5-7-10-24/h5-16,22H,4,17-21H2,1-3H3. The first-order valence-corrected chi connectivity index (χ1v) is 12.6. The van der Waals surface area contributed by atoms with Crippen molar-refractivity contribution in [3.8, 4) is 5.75 Å². The number of amides is 2. The Labute approximate surface area is 207 Å². The second kappa shape index (κ2) is 12.9. The highest BCUT2D eigenvalue weighted by Gasteiger charge is 2.23. The maximum atomic E-state index is 13.5. The molecule has 0 aliphatic heterocycles. The molecule has 6 heteroatoms. The molecule has 0 saturated heterocycles. The molecule has 0 aliphatic carbocycles. The van der Waals surface area contributed by atoms with Crippen LogP contribution in [0.1, 0.15) is 36.3 Å². The molecule has 1 unspecified atom stereocenters. The van der Waals surface area contributed by atoms with Crippen LogP contribution in [0.2, 0.25) is 0 Å². The summed E-state index contributed by atoms with van der Waals surface area (Å²) < 4.78 is 5.21. The van der Waals surface area contributed by atoms with Gasteiger partial charge in [-0.1, -0.05) is 68.8 Å². The molecular weight excluding hydrogens is 444 g/mol. The van der Waals surface area contributed by atoms with E-state index >= 15 is 0 Å². The van der Waals surface area contributed by atoms with Gasteiger partial charge in [0.25, 0.3) is 0 Å². The molecule has 0 spiro atoms. The van der Waals surface area contributed by atoms with Crippen LogP contribution in [0.5, 0.6) is 5.75 Å². The molecular formula is C28H34N2O3S. The van der Waals surface area contributed by atoms with E-state index in [-0.39, 0.29) is 24.8 Å². The van der Waals surface area contributed by atoms with Crippen molar-refractivity contribution >= 4 is 23.2 Å².